The molecule has 5 aromatic carbocycles. The number of oxime groups is 1. The van der Waals surface area contributed by atoms with Gasteiger partial charge in [-0.3, -0.25) is 14.4 Å². The fourth-order valence-corrected chi connectivity index (χ4v) is 15.9. The molecule has 3 aliphatic heterocycles. The van der Waals surface area contributed by atoms with Crippen LogP contribution in [0.5, 0.6) is 0 Å². The smallest absolute Gasteiger partial charge is 0.335 e. The summed E-state index contributed by atoms with van der Waals surface area (Å²) >= 11 is 11.5. The number of nitrogens with zero attached hydrogens (tertiary/aromatic N) is 7. The predicted octanol–water partition coefficient (Wildman–Crippen LogP) is 12.7. The Morgan fingerprint density at radius 2 is 1.11 bits per heavy atom. The van der Waals surface area contributed by atoms with Gasteiger partial charge in [0.15, 0.2) is 22.5 Å². The number of carboxylic acid groups (broad SMARTS) is 1. The van der Waals surface area contributed by atoms with Crippen molar-refractivity contribution in [1.82, 2.24) is 24.8 Å². The number of nitrogens with two attached hydrogens (primary N) is 1. The molecule has 18 nitrogen and oxygen atoms in total. The number of carboxylic acids is 1. The van der Waals surface area contributed by atoms with E-state index in [2.05, 4.69) is 107 Å². The third kappa shape index (κ3) is 15.0. The molecular weight excluding hydrogens is 1250 g/mol. The Morgan fingerprint density at radius 3 is 1.58 bits per heavy atom. The van der Waals surface area contributed by atoms with Crippen molar-refractivity contribution < 1.29 is 48.0 Å². The van der Waals surface area contributed by atoms with Crippen LogP contribution in [-0.2, 0) is 58.7 Å². The fourth-order valence-electron chi connectivity index (χ4n) is 13.6. The van der Waals surface area contributed by atoms with Gasteiger partial charge in [0, 0.05) is 102 Å². The number of halogens is 2. The highest BCUT2D eigenvalue weighted by Gasteiger charge is 2.51. The molecule has 12 rings (SSSR count). The van der Waals surface area contributed by atoms with Crippen molar-refractivity contribution in [2.24, 2.45) is 10.9 Å². The normalized spacial score (nSPS) is 20.7. The first kappa shape index (κ1) is 70.1. The number of aliphatic hydroxyl groups is 1. The number of amides is 3. The van der Waals surface area contributed by atoms with E-state index in [0.717, 1.165) is 85.0 Å². The molecule has 3 fully saturated rings. The molecule has 4 heterocycles. The van der Waals surface area contributed by atoms with Crippen molar-refractivity contribution >= 4 is 69.4 Å². The molecular formula is C71H88Cl2N8O10Si2. The minimum absolute atomic E-state index is 0.00888. The predicted molar refractivity (Wildman–Crippen MR) is 366 cm³/mol. The number of hydrogen-bond donors (Lipinski definition) is 4. The fraction of sp³-hybridized carbons (Fsp3) is 0.465. The number of likely N-dealkylation sites (tertiary alicyclic amines) is 3. The Hall–Kier alpha value is -7.23. The summed E-state index contributed by atoms with van der Waals surface area (Å²) in [4.78, 5) is 58.4. The van der Waals surface area contributed by atoms with Gasteiger partial charge >= 0.3 is 5.97 Å². The molecule has 93 heavy (non-hydrogen) atoms. The molecule has 3 unspecified atom stereocenters. The highest BCUT2D eigenvalue weighted by molar-refractivity contribution is 6.74. The molecule has 3 atom stereocenters. The van der Waals surface area contributed by atoms with E-state index in [0.29, 0.717) is 80.4 Å². The molecule has 22 heteroatoms. The van der Waals surface area contributed by atoms with E-state index in [4.69, 9.17) is 52.6 Å². The molecule has 6 aliphatic rings. The van der Waals surface area contributed by atoms with E-state index in [1.807, 2.05) is 58.3 Å². The summed E-state index contributed by atoms with van der Waals surface area (Å²) in [7, 11) is -3.59. The number of rotatable bonds is 14. The van der Waals surface area contributed by atoms with Crippen LogP contribution in [-0.4, -0.2) is 146 Å². The second-order valence-corrected chi connectivity index (χ2v) is 39.1. The quantitative estimate of drug-likeness (QED) is 0.0260. The Labute approximate surface area is 558 Å². The van der Waals surface area contributed by atoms with Crippen LogP contribution in [0.1, 0.15) is 135 Å². The number of carbonyl (C=O) groups is 4. The van der Waals surface area contributed by atoms with Crippen molar-refractivity contribution in [3.8, 4) is 28.9 Å². The van der Waals surface area contributed by atoms with Gasteiger partial charge in [0.2, 0.25) is 23.5 Å². The Balaban J connectivity index is 0.000000153. The third-order valence-corrected chi connectivity index (χ3v) is 30.4. The van der Waals surface area contributed by atoms with Crippen molar-refractivity contribution in [2.45, 2.75) is 152 Å². The maximum absolute atomic E-state index is 12.8. The topological polar surface area (TPSA) is 258 Å². The number of β-amino-alcohol motifs (C(OH)–C–C–N with tert-alkyl or cyclic N) is 1. The minimum Gasteiger partial charge on any atom is -0.478 e. The SMILES string of the molecule is CC(C)(C)[Si](C)(C)OCCN1CC2(CCc3c(C#N)cccc32)CC1=O.CC(C)(C)[Si](C)(C)OCCN1CC2(CCc3c(C(N)=NO)cccc32)CC1=O.O=C(O)c1ccc(Cl)cc1.O=C1CC2(CCc3c(-c4noc(-c5ccc(Cl)cc5)n4)cccc32)CN1CCO. The second kappa shape index (κ2) is 28.0. The first-order valence-electron chi connectivity index (χ1n) is 32.0. The first-order chi connectivity index (χ1) is 43.9. The largest absolute Gasteiger partial charge is 0.478 e. The molecule has 0 bridgehead atoms. The number of carbonyl (C=O) groups excluding carboxylic acids is 3. The van der Waals surface area contributed by atoms with Crippen LogP contribution in [0.3, 0.4) is 0 Å². The van der Waals surface area contributed by atoms with Gasteiger partial charge in [-0.05, 0) is 163 Å². The zero-order valence-electron chi connectivity index (χ0n) is 55.2. The monoisotopic (exact) mass is 1340 g/mol. The number of amidine groups is 1. The average molecular weight is 1340 g/mol. The maximum atomic E-state index is 12.8. The lowest BCUT2D eigenvalue weighted by atomic mass is 9.80. The summed E-state index contributed by atoms with van der Waals surface area (Å²) in [5, 5.41) is 45.0. The van der Waals surface area contributed by atoms with Gasteiger partial charge in [-0.15, -0.1) is 0 Å². The molecule has 5 N–H and O–H groups in total. The van der Waals surface area contributed by atoms with E-state index in [1.165, 1.54) is 34.4 Å². The third-order valence-electron chi connectivity index (χ3n) is 20.8. The van der Waals surface area contributed by atoms with Gasteiger partial charge in [0.1, 0.15) is 0 Å². The van der Waals surface area contributed by atoms with Gasteiger partial charge in [-0.2, -0.15) is 10.2 Å². The van der Waals surface area contributed by atoms with Crippen molar-refractivity contribution in [3.05, 3.63) is 163 Å². The number of benzene rings is 5. The van der Waals surface area contributed by atoms with Crippen LogP contribution in [0.4, 0.5) is 0 Å². The van der Waals surface area contributed by atoms with Crippen LogP contribution in [0.15, 0.2) is 113 Å². The van der Waals surface area contributed by atoms with E-state index < -0.39 is 22.6 Å². The molecule has 494 valence electrons. The minimum atomic E-state index is -1.81. The number of aromatic nitrogens is 2. The van der Waals surface area contributed by atoms with E-state index in [9.17, 15) is 29.5 Å². The van der Waals surface area contributed by atoms with Crippen LogP contribution in [0.25, 0.3) is 22.8 Å². The van der Waals surface area contributed by atoms with Crippen molar-refractivity contribution in [1.29, 1.82) is 5.26 Å². The number of aliphatic hydroxyl groups excluding tert-OH is 1. The second-order valence-electron chi connectivity index (χ2n) is 28.6. The summed E-state index contributed by atoms with van der Waals surface area (Å²) in [6, 6.07) is 33.6. The lowest BCUT2D eigenvalue weighted by molar-refractivity contribution is -0.128. The first-order valence-corrected chi connectivity index (χ1v) is 38.5. The zero-order chi connectivity index (χ0) is 67.5. The van der Waals surface area contributed by atoms with Crippen LogP contribution in [0, 0.1) is 11.3 Å². The van der Waals surface area contributed by atoms with Crippen LogP contribution >= 0.6 is 23.2 Å². The van der Waals surface area contributed by atoms with Gasteiger partial charge < -0.3 is 49.2 Å². The van der Waals surface area contributed by atoms with E-state index in [1.54, 1.807) is 29.2 Å². The van der Waals surface area contributed by atoms with Gasteiger partial charge in [-0.1, -0.05) is 124 Å². The lowest BCUT2D eigenvalue weighted by Gasteiger charge is -2.36. The van der Waals surface area contributed by atoms with Crippen molar-refractivity contribution in [3.63, 3.8) is 0 Å². The number of fused-ring (bicyclic) bond motifs is 6. The Morgan fingerprint density at radius 1 is 0.667 bits per heavy atom. The molecule has 0 radical (unpaired) electrons. The molecule has 3 amide bonds. The standard InChI is InChI=1S/C22H20ClN3O3.C21H33N3O3Si.C21H30N2O2Si.C7H5ClO2/c23-15-6-4-14(5-7-15)21-24-20(25-29-21)17-2-1-3-18-16(17)8-9-22(18)12-19(28)26(13-22)10-11-27;1-20(2,3)28(4,5)27-12-11-24-14-21(13-18(24)25)10-9-15-16(19(22)23-26)7-6-8-17(15)21;1-20(2,3)26(4,5)25-12-11-23-15-21(13-19(23)24)10-9-17-16(14-22)7-6-8-18(17)21;8-6-3-1-5(2-4-6)7(9)10/h1-7,27H,8-13H2;6-8,26H,9-14H2,1-5H3,(H2,22,23);6-8H,9-13,15H2,1-5H3;1-4H,(H,9,10). The molecule has 3 spiro atoms. The van der Waals surface area contributed by atoms with Crippen LogP contribution in [0.2, 0.25) is 46.3 Å². The van der Waals surface area contributed by atoms with Gasteiger partial charge in [-0.25, -0.2) is 4.79 Å². The number of aromatic carboxylic acids is 1. The molecule has 0 saturated carbocycles. The summed E-state index contributed by atoms with van der Waals surface area (Å²) < 4.78 is 18.0. The highest BCUT2D eigenvalue weighted by Crippen LogP contribution is 2.51. The molecule has 3 aliphatic carbocycles. The summed E-state index contributed by atoms with van der Waals surface area (Å²) in [5.74, 6) is 0.740. The van der Waals surface area contributed by atoms with Crippen molar-refractivity contribution in [2.75, 3.05) is 59.1 Å². The average Bonchev–Trinajstić information content (AvgIpc) is 1.61. The molecule has 1 aromatic heterocycles. The molecule has 6 aromatic rings. The summed E-state index contributed by atoms with van der Waals surface area (Å²) in [6.07, 6.45) is 7.01. The zero-order valence-corrected chi connectivity index (χ0v) is 58.7. The highest BCUT2D eigenvalue weighted by atomic mass is 35.5. The summed E-state index contributed by atoms with van der Waals surface area (Å²) in [6.45, 7) is 27.4. The lowest BCUT2D eigenvalue weighted by Crippen LogP contribution is -2.43. The van der Waals surface area contributed by atoms with Gasteiger partial charge in [0.05, 0.1) is 37.0 Å². The Kier molecular flexibility index (Phi) is 21.1. The maximum Gasteiger partial charge on any atom is 0.335 e. The number of nitriles is 1. The molecule has 3 saturated heterocycles. The van der Waals surface area contributed by atoms with E-state index in [-0.39, 0.29) is 62.0 Å². The number of hydrogen-bond acceptors (Lipinski definition) is 13. The summed E-state index contributed by atoms with van der Waals surface area (Å²) in [5.41, 5.74) is 16.1. The Bertz CT molecular complexity index is 3820. The van der Waals surface area contributed by atoms with Crippen LogP contribution < -0.4 is 5.73 Å². The van der Waals surface area contributed by atoms with E-state index >= 15 is 0 Å². The van der Waals surface area contributed by atoms with Gasteiger partial charge in [0.25, 0.3) is 5.89 Å².